The molecule has 0 atom stereocenters. The lowest BCUT2D eigenvalue weighted by atomic mass is 10.1. The van der Waals surface area contributed by atoms with E-state index in [0.717, 1.165) is 13.1 Å². The Morgan fingerprint density at radius 2 is 1.71 bits per heavy atom. The number of benzene rings is 2. The molecular weight excluding hydrogens is 398 g/mol. The van der Waals surface area contributed by atoms with Crippen molar-refractivity contribution < 1.29 is 13.2 Å². The Morgan fingerprint density at radius 1 is 1.11 bits per heavy atom. The summed E-state index contributed by atoms with van der Waals surface area (Å²) in [5.74, 6) is -0.374. The molecule has 1 N–H and O–H groups in total. The van der Waals surface area contributed by atoms with Crippen molar-refractivity contribution in [3.8, 4) is 0 Å². The van der Waals surface area contributed by atoms with Gasteiger partial charge >= 0.3 is 0 Å². The number of carbonyl (C=O) groups is 1. The second-order valence-electron chi connectivity index (χ2n) is 6.95. The molecular formula is C20H24ClN3O3S. The van der Waals surface area contributed by atoms with Gasteiger partial charge in [0.1, 0.15) is 0 Å². The average Bonchev–Trinajstić information content (AvgIpc) is 2.69. The van der Waals surface area contributed by atoms with Crippen LogP contribution < -0.4 is 5.32 Å². The number of nitrogens with zero attached hydrogens (tertiary/aromatic N) is 2. The fourth-order valence-electron chi connectivity index (χ4n) is 3.30. The van der Waals surface area contributed by atoms with Gasteiger partial charge in [-0.3, -0.25) is 4.79 Å². The largest absolute Gasteiger partial charge is 0.325 e. The normalized spacial score (nSPS) is 16.2. The fourth-order valence-corrected chi connectivity index (χ4v) is 5.08. The van der Waals surface area contributed by atoms with Crippen LogP contribution in [0.25, 0.3) is 0 Å². The van der Waals surface area contributed by atoms with Crippen molar-refractivity contribution in [3.63, 3.8) is 0 Å². The molecule has 0 unspecified atom stereocenters. The number of piperidine rings is 1. The number of hydrogen-bond donors (Lipinski definition) is 1. The van der Waals surface area contributed by atoms with Crippen LogP contribution in [-0.2, 0) is 14.8 Å². The number of rotatable bonds is 6. The minimum absolute atomic E-state index is 0.202. The first-order valence-electron chi connectivity index (χ1n) is 9.17. The Morgan fingerprint density at radius 3 is 2.32 bits per heavy atom. The van der Waals surface area contributed by atoms with Crippen LogP contribution in [0.5, 0.6) is 0 Å². The molecule has 0 spiro atoms. The van der Waals surface area contributed by atoms with Crippen LogP contribution in [0.4, 0.5) is 5.69 Å². The van der Waals surface area contributed by atoms with Gasteiger partial charge in [0.05, 0.1) is 11.4 Å². The highest BCUT2D eigenvalue weighted by Gasteiger charge is 2.34. The van der Waals surface area contributed by atoms with E-state index >= 15 is 0 Å². The summed E-state index contributed by atoms with van der Waals surface area (Å²) in [5.41, 5.74) is 0.579. The van der Waals surface area contributed by atoms with Gasteiger partial charge in [0.2, 0.25) is 15.9 Å². The average molecular weight is 422 g/mol. The van der Waals surface area contributed by atoms with Crippen molar-refractivity contribution >= 4 is 33.2 Å². The number of anilines is 1. The minimum atomic E-state index is -3.78. The zero-order valence-electron chi connectivity index (χ0n) is 15.7. The van der Waals surface area contributed by atoms with Gasteiger partial charge in [-0.1, -0.05) is 29.8 Å². The van der Waals surface area contributed by atoms with Gasteiger partial charge in [-0.15, -0.1) is 0 Å². The van der Waals surface area contributed by atoms with E-state index in [0.29, 0.717) is 23.6 Å². The number of nitrogens with one attached hydrogen (secondary N) is 1. The lowest BCUT2D eigenvalue weighted by Gasteiger charge is -2.36. The fraction of sp³-hybridized carbons (Fsp3) is 0.350. The molecule has 1 amide bonds. The molecule has 0 aromatic heterocycles. The standard InChI is InChI=1S/C20H24ClN3O3S/c1-23-13-11-18(12-14-23)24(28(26,27)19-5-3-2-4-6-19)15-20(25)22-17-9-7-16(21)8-10-17/h2-10,18H,11-15H2,1H3,(H,22,25). The van der Waals surface area contributed by atoms with Crippen molar-refractivity contribution in [1.29, 1.82) is 0 Å². The molecule has 0 bridgehead atoms. The third-order valence-corrected chi connectivity index (χ3v) is 7.04. The number of halogens is 1. The topological polar surface area (TPSA) is 69.7 Å². The van der Waals surface area contributed by atoms with E-state index in [9.17, 15) is 13.2 Å². The summed E-state index contributed by atoms with van der Waals surface area (Å²) in [7, 11) is -1.77. The Hall–Kier alpha value is -1.93. The van der Waals surface area contributed by atoms with Gasteiger partial charge in [0, 0.05) is 16.8 Å². The second-order valence-corrected chi connectivity index (χ2v) is 9.28. The Kier molecular flexibility index (Phi) is 6.72. The highest BCUT2D eigenvalue weighted by Crippen LogP contribution is 2.24. The van der Waals surface area contributed by atoms with Crippen LogP contribution in [0.15, 0.2) is 59.5 Å². The molecule has 150 valence electrons. The predicted molar refractivity (Wildman–Crippen MR) is 111 cm³/mol. The molecule has 2 aromatic carbocycles. The van der Waals surface area contributed by atoms with Gasteiger partial charge in [-0.05, 0) is 69.4 Å². The third-order valence-electron chi connectivity index (χ3n) is 4.87. The molecule has 1 aliphatic heterocycles. The van der Waals surface area contributed by atoms with Gasteiger partial charge < -0.3 is 10.2 Å². The summed E-state index contributed by atoms with van der Waals surface area (Å²) in [5, 5.41) is 3.32. The molecule has 1 saturated heterocycles. The third kappa shape index (κ3) is 5.11. The van der Waals surface area contributed by atoms with E-state index in [1.165, 1.54) is 4.31 Å². The quantitative estimate of drug-likeness (QED) is 0.778. The molecule has 0 aliphatic carbocycles. The van der Waals surface area contributed by atoms with Gasteiger partial charge in [0.25, 0.3) is 0 Å². The van der Waals surface area contributed by atoms with E-state index in [-0.39, 0.29) is 23.4 Å². The highest BCUT2D eigenvalue weighted by atomic mass is 35.5. The zero-order chi connectivity index (χ0) is 20.1. The summed E-state index contributed by atoms with van der Waals surface area (Å²) in [6, 6.07) is 14.8. The minimum Gasteiger partial charge on any atom is -0.325 e. The van der Waals surface area contributed by atoms with E-state index in [1.54, 1.807) is 54.6 Å². The van der Waals surface area contributed by atoms with Crippen LogP contribution in [0.2, 0.25) is 5.02 Å². The zero-order valence-corrected chi connectivity index (χ0v) is 17.3. The summed E-state index contributed by atoms with van der Waals surface area (Å²) < 4.78 is 27.9. The van der Waals surface area contributed by atoms with Crippen molar-refractivity contribution in [2.45, 2.75) is 23.8 Å². The molecule has 1 aliphatic rings. The first-order valence-corrected chi connectivity index (χ1v) is 11.0. The molecule has 28 heavy (non-hydrogen) atoms. The SMILES string of the molecule is CN1CCC(N(CC(=O)Nc2ccc(Cl)cc2)S(=O)(=O)c2ccccc2)CC1. The molecule has 2 aromatic rings. The monoisotopic (exact) mass is 421 g/mol. The highest BCUT2D eigenvalue weighted by molar-refractivity contribution is 7.89. The van der Waals surface area contributed by atoms with E-state index < -0.39 is 10.0 Å². The maximum atomic E-state index is 13.3. The van der Waals surface area contributed by atoms with Crippen molar-refractivity contribution in [3.05, 3.63) is 59.6 Å². The maximum Gasteiger partial charge on any atom is 0.243 e. The number of hydrogen-bond acceptors (Lipinski definition) is 4. The Balaban J connectivity index is 1.81. The number of amides is 1. The lowest BCUT2D eigenvalue weighted by Crippen LogP contribution is -2.49. The summed E-state index contributed by atoms with van der Waals surface area (Å²) >= 11 is 5.87. The van der Waals surface area contributed by atoms with Crippen molar-refractivity contribution in [1.82, 2.24) is 9.21 Å². The van der Waals surface area contributed by atoms with Crippen LogP contribution in [0, 0.1) is 0 Å². The molecule has 1 heterocycles. The molecule has 3 rings (SSSR count). The van der Waals surface area contributed by atoms with Crippen LogP contribution >= 0.6 is 11.6 Å². The predicted octanol–water partition coefficient (Wildman–Crippen LogP) is 3.06. The van der Waals surface area contributed by atoms with E-state index in [4.69, 9.17) is 11.6 Å². The summed E-state index contributed by atoms with van der Waals surface area (Å²) in [6.07, 6.45) is 1.38. The second kappa shape index (κ2) is 9.05. The van der Waals surface area contributed by atoms with Gasteiger partial charge in [0.15, 0.2) is 0 Å². The van der Waals surface area contributed by atoms with Gasteiger partial charge in [-0.25, -0.2) is 8.42 Å². The van der Waals surface area contributed by atoms with Gasteiger partial charge in [-0.2, -0.15) is 4.31 Å². The lowest BCUT2D eigenvalue weighted by molar-refractivity contribution is -0.116. The molecule has 0 saturated carbocycles. The first-order chi connectivity index (χ1) is 13.4. The molecule has 6 nitrogen and oxygen atoms in total. The molecule has 0 radical (unpaired) electrons. The van der Waals surface area contributed by atoms with Crippen LogP contribution in [0.3, 0.4) is 0 Å². The van der Waals surface area contributed by atoms with Crippen molar-refractivity contribution in [2.24, 2.45) is 0 Å². The van der Waals surface area contributed by atoms with E-state index in [1.807, 2.05) is 7.05 Å². The Labute approximate surface area is 171 Å². The van der Waals surface area contributed by atoms with Crippen LogP contribution in [-0.4, -0.2) is 56.3 Å². The smallest absolute Gasteiger partial charge is 0.243 e. The number of sulfonamides is 1. The Bertz CT molecular complexity index is 896. The number of likely N-dealkylation sites (tertiary alicyclic amines) is 1. The van der Waals surface area contributed by atoms with Crippen LogP contribution in [0.1, 0.15) is 12.8 Å². The summed E-state index contributed by atoms with van der Waals surface area (Å²) in [6.45, 7) is 1.36. The molecule has 8 heteroatoms. The molecule has 1 fully saturated rings. The number of carbonyl (C=O) groups excluding carboxylic acids is 1. The van der Waals surface area contributed by atoms with Crippen molar-refractivity contribution in [2.75, 3.05) is 32.0 Å². The maximum absolute atomic E-state index is 13.3. The summed E-state index contributed by atoms with van der Waals surface area (Å²) in [4.78, 5) is 15.0. The van der Waals surface area contributed by atoms with E-state index in [2.05, 4.69) is 10.2 Å². The first kappa shape index (κ1) is 20.8.